The van der Waals surface area contributed by atoms with Gasteiger partial charge in [-0.25, -0.2) is 27.2 Å². The van der Waals surface area contributed by atoms with Crippen LogP contribution in [0.1, 0.15) is 111 Å². The topological polar surface area (TPSA) is 171 Å². The maximum absolute atomic E-state index is 14.9. The number of methoxy groups -OCH3 is 1. The van der Waals surface area contributed by atoms with Gasteiger partial charge in [-0.05, 0) is 81.8 Å². The van der Waals surface area contributed by atoms with Gasteiger partial charge in [-0.1, -0.05) is 40.5 Å². The van der Waals surface area contributed by atoms with Gasteiger partial charge in [-0.15, -0.1) is 0 Å². The van der Waals surface area contributed by atoms with E-state index in [4.69, 9.17) is 24.2 Å². The van der Waals surface area contributed by atoms with E-state index in [1.807, 2.05) is 38.5 Å². The summed E-state index contributed by atoms with van der Waals surface area (Å²) in [5.74, 6) is -4.89. The van der Waals surface area contributed by atoms with Crippen molar-refractivity contribution < 1.29 is 50.6 Å². The highest BCUT2D eigenvalue weighted by Crippen LogP contribution is 2.59. The Bertz CT molecular complexity index is 2070. The van der Waals surface area contributed by atoms with E-state index < -0.39 is 91.9 Å². The Hall–Kier alpha value is -3.95. The second-order valence-electron chi connectivity index (χ2n) is 18.6. The van der Waals surface area contributed by atoms with Gasteiger partial charge in [-0.2, -0.15) is 0 Å². The Morgan fingerprint density at radius 1 is 1.07 bits per heavy atom. The van der Waals surface area contributed by atoms with Crippen LogP contribution >= 0.6 is 0 Å². The zero-order valence-electron chi connectivity index (χ0n) is 34.2. The summed E-state index contributed by atoms with van der Waals surface area (Å²) >= 11 is 0. The number of esters is 1. The van der Waals surface area contributed by atoms with Crippen LogP contribution in [0.3, 0.4) is 0 Å². The zero-order valence-corrected chi connectivity index (χ0v) is 35.0. The molecular weight excluding hydrogens is 775 g/mol. The summed E-state index contributed by atoms with van der Waals surface area (Å²) in [7, 11) is -2.65. The van der Waals surface area contributed by atoms with E-state index in [1.54, 1.807) is 19.2 Å². The molecule has 13 nitrogen and oxygen atoms in total. The molecular formula is C42H56F2N4O9S. The SMILES string of the molecule is CC[C@@H]1[C@@H]2CN(C(=O)[C@H](C(C)(C)C)CC(=O)O[C@@H]3C[C@H]3CCCCCc3nc4ccc(OC)cc4nc3O2)[C@@H]1C(=O)C[C@]1(C(=O)NS(=O)(=O)C2(C)CC2)C[C@H]1C(F)F. The maximum Gasteiger partial charge on any atom is 0.306 e. The average Bonchev–Trinajstić information content (AvgIpc) is 4.11. The number of fused-ring (bicyclic) bond motifs is 5. The van der Waals surface area contributed by atoms with E-state index in [0.29, 0.717) is 48.2 Å². The van der Waals surface area contributed by atoms with Crippen LogP contribution in [-0.2, 0) is 40.4 Å². The van der Waals surface area contributed by atoms with Crippen molar-refractivity contribution in [1.82, 2.24) is 19.6 Å². The minimum Gasteiger partial charge on any atom is -0.497 e. The molecule has 1 aromatic carbocycles. The number of carbonyl (C=O) groups is 4. The summed E-state index contributed by atoms with van der Waals surface area (Å²) in [5, 5.41) is 0. The number of benzene rings is 1. The summed E-state index contributed by atoms with van der Waals surface area (Å²) in [5.41, 5.74) is -0.968. The molecule has 318 valence electrons. The number of alkyl halides is 2. The van der Waals surface area contributed by atoms with Gasteiger partial charge < -0.3 is 19.1 Å². The van der Waals surface area contributed by atoms with E-state index in [1.165, 1.54) is 11.8 Å². The minimum atomic E-state index is -4.19. The largest absolute Gasteiger partial charge is 0.497 e. The Kier molecular flexibility index (Phi) is 11.3. The first-order valence-electron chi connectivity index (χ1n) is 20.7. The van der Waals surface area contributed by atoms with Crippen LogP contribution in [0.15, 0.2) is 18.2 Å². The number of aryl methyl sites for hydroxylation is 1. The Morgan fingerprint density at radius 2 is 1.81 bits per heavy atom. The summed E-state index contributed by atoms with van der Waals surface area (Å²) in [4.78, 5) is 68.2. The maximum atomic E-state index is 14.9. The number of Topliss-reactive ketones (excluding diaryl/α,β-unsaturated/α-hetero) is 1. The molecule has 1 saturated heterocycles. The fraction of sp³-hybridized carbons (Fsp3) is 0.714. The van der Waals surface area contributed by atoms with Crippen molar-refractivity contribution in [2.45, 2.75) is 141 Å². The van der Waals surface area contributed by atoms with Crippen LogP contribution in [0, 0.1) is 34.5 Å². The molecule has 3 aliphatic carbocycles. The molecule has 7 rings (SSSR count). The molecule has 2 bridgehead atoms. The summed E-state index contributed by atoms with van der Waals surface area (Å²) < 4.78 is 73.9. The highest BCUT2D eigenvalue weighted by Gasteiger charge is 2.67. The van der Waals surface area contributed by atoms with Crippen LogP contribution in [0.5, 0.6) is 11.6 Å². The van der Waals surface area contributed by atoms with Gasteiger partial charge >= 0.3 is 5.97 Å². The lowest BCUT2D eigenvalue weighted by atomic mass is 9.77. The number of carbonyl (C=O) groups excluding carboxylic acids is 4. The second-order valence-corrected chi connectivity index (χ2v) is 20.8. The molecule has 5 aliphatic rings. The number of halogens is 2. The Labute approximate surface area is 338 Å². The quantitative estimate of drug-likeness (QED) is 0.296. The molecule has 2 amide bonds. The Balaban J connectivity index is 1.27. The number of nitrogens with one attached hydrogen (secondary N) is 1. The standard InChI is InChI=1S/C42H56F2N4O9S/c1-7-25-33-22-48(35(25)31(49)21-42(20-27(42)36(43)44)39(52)47-58(53,54)41(5)15-16-41)38(51)26(40(2,3)4)19-34(50)56-32-17-23(32)11-9-8-10-12-29-37(57-33)46-30-18-24(55-6)13-14-28(30)45-29/h13-14,18,23,25-27,32-33,35-36H,7-12,15-17,19-22H2,1-6H3,(H,47,52)/t23-,25-,26-,27+,32-,33+,35+,42-/m1/s1. The van der Waals surface area contributed by atoms with Crippen molar-refractivity contribution in [3.05, 3.63) is 23.9 Å². The predicted molar refractivity (Wildman–Crippen MR) is 208 cm³/mol. The summed E-state index contributed by atoms with van der Waals surface area (Å²) in [6, 6.07) is 4.12. The molecule has 4 fully saturated rings. The number of ether oxygens (including phenoxy) is 3. The van der Waals surface area contributed by atoms with Gasteiger partial charge in [0.15, 0.2) is 5.78 Å². The molecule has 0 radical (unpaired) electrons. The fourth-order valence-corrected chi connectivity index (χ4v) is 10.3. The van der Waals surface area contributed by atoms with Crippen molar-refractivity contribution >= 4 is 44.6 Å². The Morgan fingerprint density at radius 3 is 2.45 bits per heavy atom. The van der Waals surface area contributed by atoms with E-state index >= 15 is 0 Å². The molecule has 2 aromatic rings. The minimum absolute atomic E-state index is 0.0957. The van der Waals surface area contributed by atoms with Gasteiger partial charge in [-0.3, -0.25) is 23.9 Å². The first-order chi connectivity index (χ1) is 27.3. The lowest BCUT2D eigenvalue weighted by molar-refractivity contribution is -0.154. The predicted octanol–water partition coefficient (Wildman–Crippen LogP) is 5.95. The molecule has 2 aliphatic heterocycles. The number of rotatable bonds is 9. The highest BCUT2D eigenvalue weighted by molar-refractivity contribution is 7.91. The normalized spacial score (nSPS) is 31.3. The molecule has 0 spiro atoms. The zero-order chi connectivity index (χ0) is 41.9. The number of hydrogen-bond donors (Lipinski definition) is 1. The number of sulfonamides is 1. The van der Waals surface area contributed by atoms with E-state index in [2.05, 4.69) is 0 Å². The lowest BCUT2D eigenvalue weighted by Crippen LogP contribution is -2.50. The molecule has 8 atom stereocenters. The lowest BCUT2D eigenvalue weighted by Gasteiger charge is -2.35. The highest BCUT2D eigenvalue weighted by atomic mass is 32.2. The van der Waals surface area contributed by atoms with E-state index in [-0.39, 0.29) is 37.3 Å². The molecule has 3 saturated carbocycles. The van der Waals surface area contributed by atoms with Gasteiger partial charge in [0.25, 0.3) is 0 Å². The van der Waals surface area contributed by atoms with Crippen LogP contribution in [-0.4, -0.2) is 89.9 Å². The third-order valence-corrected chi connectivity index (χ3v) is 15.6. The van der Waals surface area contributed by atoms with Crippen molar-refractivity contribution in [2.24, 2.45) is 34.5 Å². The summed E-state index contributed by atoms with van der Waals surface area (Å²) in [6.07, 6.45) is 0.444. The molecule has 1 aromatic heterocycles. The molecule has 16 heteroatoms. The monoisotopic (exact) mass is 830 g/mol. The van der Waals surface area contributed by atoms with Gasteiger partial charge in [0.2, 0.25) is 34.1 Å². The van der Waals surface area contributed by atoms with E-state index in [0.717, 1.165) is 32.1 Å². The number of aromatic nitrogens is 2. The summed E-state index contributed by atoms with van der Waals surface area (Å²) in [6.45, 7) is 8.70. The number of ketones is 1. The molecule has 58 heavy (non-hydrogen) atoms. The second kappa shape index (κ2) is 15.6. The number of nitrogens with zero attached hydrogens (tertiary/aromatic N) is 3. The smallest absolute Gasteiger partial charge is 0.306 e. The van der Waals surface area contributed by atoms with Crippen LogP contribution in [0.4, 0.5) is 8.78 Å². The molecule has 0 unspecified atom stereocenters. The van der Waals surface area contributed by atoms with Crippen molar-refractivity contribution in [3.63, 3.8) is 0 Å². The van der Waals surface area contributed by atoms with Crippen LogP contribution in [0.2, 0.25) is 0 Å². The van der Waals surface area contributed by atoms with Crippen LogP contribution in [0.25, 0.3) is 11.0 Å². The van der Waals surface area contributed by atoms with Crippen LogP contribution < -0.4 is 14.2 Å². The first kappa shape index (κ1) is 42.2. The van der Waals surface area contributed by atoms with E-state index in [9.17, 15) is 36.4 Å². The number of amides is 2. The van der Waals surface area contributed by atoms with Crippen molar-refractivity contribution in [1.29, 1.82) is 0 Å². The fourth-order valence-electron chi connectivity index (χ4n) is 9.02. The van der Waals surface area contributed by atoms with Gasteiger partial charge in [0, 0.05) is 24.3 Å². The third-order valence-electron chi connectivity index (χ3n) is 13.4. The molecule has 3 heterocycles. The average molecular weight is 831 g/mol. The third kappa shape index (κ3) is 8.27. The van der Waals surface area contributed by atoms with Gasteiger partial charge in [0.05, 0.1) is 53.2 Å². The number of hydrogen-bond acceptors (Lipinski definition) is 11. The first-order valence-corrected chi connectivity index (χ1v) is 22.2. The van der Waals surface area contributed by atoms with Crippen molar-refractivity contribution in [3.8, 4) is 11.6 Å². The van der Waals surface area contributed by atoms with Crippen molar-refractivity contribution in [2.75, 3.05) is 13.7 Å². The molecule has 1 N–H and O–H groups in total. The van der Waals surface area contributed by atoms with Gasteiger partial charge in [0.1, 0.15) is 23.7 Å².